The summed E-state index contributed by atoms with van der Waals surface area (Å²) >= 11 is 0. The summed E-state index contributed by atoms with van der Waals surface area (Å²) in [5, 5.41) is 9.57. The molecule has 30 heavy (non-hydrogen) atoms. The summed E-state index contributed by atoms with van der Waals surface area (Å²) in [6.45, 7) is 4.09. The smallest absolute Gasteiger partial charge is 0.375 e. The van der Waals surface area contributed by atoms with Crippen LogP contribution >= 0.6 is 0 Å². The number of rotatable bonds is 9. The summed E-state index contributed by atoms with van der Waals surface area (Å²) in [6.07, 6.45) is 1.66. The van der Waals surface area contributed by atoms with E-state index in [4.69, 9.17) is 23.6 Å². The average Bonchev–Trinajstić information content (AvgIpc) is 3.37. The predicted molar refractivity (Wildman–Crippen MR) is 107 cm³/mol. The quantitative estimate of drug-likeness (QED) is 0.494. The normalized spacial score (nSPS) is 10.6. The van der Waals surface area contributed by atoms with Crippen LogP contribution in [0.1, 0.15) is 35.2 Å². The van der Waals surface area contributed by atoms with Crippen LogP contribution in [-0.2, 0) is 16.1 Å². The van der Waals surface area contributed by atoms with Crippen LogP contribution < -0.4 is 4.74 Å². The Hall–Kier alpha value is -3.73. The van der Waals surface area contributed by atoms with Crippen molar-refractivity contribution in [2.75, 3.05) is 19.8 Å². The van der Waals surface area contributed by atoms with Gasteiger partial charge in [0.15, 0.2) is 6.61 Å². The number of aryl methyl sites for hydroxylation is 1. The molecule has 8 heteroatoms. The van der Waals surface area contributed by atoms with Crippen LogP contribution in [0.4, 0.5) is 0 Å². The van der Waals surface area contributed by atoms with Gasteiger partial charge in [0.05, 0.1) is 31.9 Å². The molecule has 0 N–H and O–H groups in total. The number of carbonyl (C=O) groups excluding carboxylic acids is 2. The van der Waals surface area contributed by atoms with E-state index in [1.165, 1.54) is 11.2 Å². The van der Waals surface area contributed by atoms with Crippen molar-refractivity contribution in [1.82, 2.24) is 4.90 Å². The van der Waals surface area contributed by atoms with Gasteiger partial charge in [-0.2, -0.15) is 5.26 Å². The van der Waals surface area contributed by atoms with Gasteiger partial charge in [-0.1, -0.05) is 0 Å². The second kappa shape index (κ2) is 9.65. The molecule has 1 aromatic carbocycles. The largest absolute Gasteiger partial charge is 0.494 e. The summed E-state index contributed by atoms with van der Waals surface area (Å²) in [4.78, 5) is 26.5. The molecule has 0 bridgehead atoms. The molecule has 3 rings (SSSR count). The van der Waals surface area contributed by atoms with Gasteiger partial charge in [0.25, 0.3) is 5.91 Å². The lowest BCUT2D eigenvalue weighted by Gasteiger charge is -2.20. The number of hydrogen-bond donors (Lipinski definition) is 0. The van der Waals surface area contributed by atoms with Crippen LogP contribution in [0, 0.1) is 18.3 Å². The number of furan rings is 2. The topological polar surface area (TPSA) is 106 Å². The number of nitrogens with zero attached hydrogens (tertiary/aromatic N) is 2. The lowest BCUT2D eigenvalue weighted by Crippen LogP contribution is -2.35. The molecular weight excluding hydrogens is 388 g/mol. The molecule has 3 aromatic rings. The minimum absolute atomic E-state index is 0.0426. The van der Waals surface area contributed by atoms with Gasteiger partial charge in [0.2, 0.25) is 5.76 Å². The van der Waals surface area contributed by atoms with E-state index >= 15 is 0 Å². The first-order valence-electron chi connectivity index (χ1n) is 9.53. The van der Waals surface area contributed by atoms with Gasteiger partial charge in [-0.05, 0) is 44.2 Å². The minimum atomic E-state index is -0.728. The summed E-state index contributed by atoms with van der Waals surface area (Å²) < 4.78 is 21.5. The summed E-state index contributed by atoms with van der Waals surface area (Å²) in [6, 6.07) is 10.7. The van der Waals surface area contributed by atoms with Gasteiger partial charge in [-0.25, -0.2) is 4.79 Å². The third kappa shape index (κ3) is 4.81. The van der Waals surface area contributed by atoms with Crippen LogP contribution in [0.3, 0.4) is 0 Å². The molecule has 2 heterocycles. The zero-order valence-corrected chi connectivity index (χ0v) is 16.8. The zero-order valence-electron chi connectivity index (χ0n) is 16.8. The molecular formula is C22H22N2O6. The number of ether oxygens (including phenoxy) is 2. The van der Waals surface area contributed by atoms with Crippen LogP contribution in [0.15, 0.2) is 45.4 Å². The highest BCUT2D eigenvalue weighted by Gasteiger charge is 2.22. The highest BCUT2D eigenvalue weighted by atomic mass is 16.5. The first kappa shape index (κ1) is 21.0. The van der Waals surface area contributed by atoms with E-state index in [0.29, 0.717) is 29.3 Å². The average molecular weight is 410 g/mol. The number of amides is 1. The summed E-state index contributed by atoms with van der Waals surface area (Å²) in [5.41, 5.74) is 1.14. The van der Waals surface area contributed by atoms with Gasteiger partial charge in [0, 0.05) is 17.5 Å². The van der Waals surface area contributed by atoms with E-state index in [9.17, 15) is 9.59 Å². The fourth-order valence-corrected chi connectivity index (χ4v) is 3.00. The van der Waals surface area contributed by atoms with Gasteiger partial charge < -0.3 is 23.2 Å². The Kier molecular flexibility index (Phi) is 6.75. The first-order valence-corrected chi connectivity index (χ1v) is 9.53. The number of fused-ring (bicyclic) bond motifs is 1. The molecule has 8 nitrogen and oxygen atoms in total. The van der Waals surface area contributed by atoms with Gasteiger partial charge in [-0.3, -0.25) is 4.79 Å². The third-order valence-electron chi connectivity index (χ3n) is 4.50. The van der Waals surface area contributed by atoms with Crippen molar-refractivity contribution in [3.63, 3.8) is 0 Å². The molecule has 156 valence electrons. The lowest BCUT2D eigenvalue weighted by atomic mass is 10.1. The maximum atomic E-state index is 12.5. The molecule has 0 spiro atoms. The van der Waals surface area contributed by atoms with Crippen molar-refractivity contribution in [2.45, 2.75) is 26.8 Å². The Morgan fingerprint density at radius 1 is 1.27 bits per heavy atom. The van der Waals surface area contributed by atoms with E-state index in [0.717, 1.165) is 5.39 Å². The van der Waals surface area contributed by atoms with Crippen molar-refractivity contribution in [3.8, 4) is 11.8 Å². The van der Waals surface area contributed by atoms with Crippen molar-refractivity contribution < 1.29 is 27.9 Å². The maximum Gasteiger partial charge on any atom is 0.375 e. The number of nitriles is 1. The van der Waals surface area contributed by atoms with Crippen LogP contribution in [-0.4, -0.2) is 36.5 Å². The number of esters is 1. The molecule has 0 aliphatic heterocycles. The Balaban J connectivity index is 1.68. The van der Waals surface area contributed by atoms with Crippen LogP contribution in [0.25, 0.3) is 11.0 Å². The molecule has 0 fully saturated rings. The molecule has 0 aliphatic carbocycles. The Morgan fingerprint density at radius 3 is 2.80 bits per heavy atom. The van der Waals surface area contributed by atoms with Gasteiger partial charge in [0.1, 0.15) is 17.1 Å². The Morgan fingerprint density at radius 2 is 2.10 bits per heavy atom. The van der Waals surface area contributed by atoms with Crippen LogP contribution in [0.2, 0.25) is 0 Å². The maximum absolute atomic E-state index is 12.5. The Labute approximate surface area is 173 Å². The standard InChI is InChI=1S/C22H22N2O6/c1-3-27-16-7-8-19-18(12-16)15(2)21(30-19)22(26)29-14-20(25)24(10-5-9-23)13-17-6-4-11-28-17/h4,6-8,11-12H,3,5,10,13-14H2,1-2H3. The third-order valence-corrected chi connectivity index (χ3v) is 4.50. The molecule has 0 saturated heterocycles. The lowest BCUT2D eigenvalue weighted by molar-refractivity contribution is -0.135. The highest BCUT2D eigenvalue weighted by Crippen LogP contribution is 2.29. The second-order valence-electron chi connectivity index (χ2n) is 6.53. The van der Waals surface area contributed by atoms with E-state index in [1.54, 1.807) is 37.3 Å². The van der Waals surface area contributed by atoms with E-state index < -0.39 is 18.5 Å². The molecule has 0 aliphatic rings. The van der Waals surface area contributed by atoms with E-state index in [1.807, 2.05) is 13.0 Å². The van der Waals surface area contributed by atoms with Crippen molar-refractivity contribution in [1.29, 1.82) is 5.26 Å². The monoisotopic (exact) mass is 410 g/mol. The minimum Gasteiger partial charge on any atom is -0.494 e. The molecule has 0 saturated carbocycles. The molecule has 2 aromatic heterocycles. The summed E-state index contributed by atoms with van der Waals surface area (Å²) in [5.74, 6) is 0.137. The van der Waals surface area contributed by atoms with E-state index in [-0.39, 0.29) is 25.3 Å². The van der Waals surface area contributed by atoms with Crippen molar-refractivity contribution >= 4 is 22.8 Å². The molecule has 0 radical (unpaired) electrons. The van der Waals surface area contributed by atoms with Crippen molar-refractivity contribution in [2.24, 2.45) is 0 Å². The second-order valence-corrected chi connectivity index (χ2v) is 6.53. The SMILES string of the molecule is CCOc1ccc2oc(C(=O)OCC(=O)N(CCC#N)Cc3ccco3)c(C)c2c1. The van der Waals surface area contributed by atoms with Gasteiger partial charge >= 0.3 is 5.97 Å². The van der Waals surface area contributed by atoms with Crippen LogP contribution in [0.5, 0.6) is 5.75 Å². The zero-order chi connectivity index (χ0) is 21.5. The predicted octanol–water partition coefficient (Wildman–Crippen LogP) is 3.83. The molecule has 0 unspecified atom stereocenters. The fraction of sp³-hybridized carbons (Fsp3) is 0.318. The highest BCUT2D eigenvalue weighted by molar-refractivity contribution is 5.97. The molecule has 1 amide bonds. The van der Waals surface area contributed by atoms with Crippen molar-refractivity contribution in [3.05, 3.63) is 53.7 Å². The van der Waals surface area contributed by atoms with E-state index in [2.05, 4.69) is 0 Å². The fourth-order valence-electron chi connectivity index (χ4n) is 3.00. The Bertz CT molecular complexity index is 1060. The number of benzene rings is 1. The molecule has 0 atom stereocenters. The number of hydrogen-bond acceptors (Lipinski definition) is 7. The number of carbonyl (C=O) groups is 2. The van der Waals surface area contributed by atoms with Gasteiger partial charge in [-0.15, -0.1) is 0 Å². The summed E-state index contributed by atoms with van der Waals surface area (Å²) in [7, 11) is 0. The first-order chi connectivity index (χ1) is 14.5.